The molecule has 1 saturated heterocycles. The van der Waals surface area contributed by atoms with E-state index in [0.29, 0.717) is 22.3 Å². The van der Waals surface area contributed by atoms with Crippen LogP contribution < -0.4 is 10.6 Å². The quantitative estimate of drug-likeness (QED) is 0.819. The summed E-state index contributed by atoms with van der Waals surface area (Å²) in [5, 5.41) is 6.07. The Morgan fingerprint density at radius 1 is 1.33 bits per heavy atom. The maximum Gasteiger partial charge on any atom is 0.288 e. The Labute approximate surface area is 133 Å². The number of nitrogens with one attached hydrogen (secondary N) is 2. The molecular formula is C14H19ClF2N2OS. The van der Waals surface area contributed by atoms with Gasteiger partial charge in [-0.1, -0.05) is 11.8 Å². The van der Waals surface area contributed by atoms with Gasteiger partial charge in [0.15, 0.2) is 0 Å². The van der Waals surface area contributed by atoms with Gasteiger partial charge in [0.1, 0.15) is 0 Å². The van der Waals surface area contributed by atoms with Crippen LogP contribution in [0.1, 0.15) is 26.2 Å². The number of hydrogen-bond acceptors (Lipinski definition) is 3. The van der Waals surface area contributed by atoms with E-state index in [9.17, 15) is 13.6 Å². The second-order valence-electron chi connectivity index (χ2n) is 5.07. The van der Waals surface area contributed by atoms with Crippen molar-refractivity contribution >= 4 is 35.8 Å². The molecule has 0 bridgehead atoms. The third kappa shape index (κ3) is 5.13. The fourth-order valence-electron chi connectivity index (χ4n) is 2.24. The predicted octanol–water partition coefficient (Wildman–Crippen LogP) is 3.89. The summed E-state index contributed by atoms with van der Waals surface area (Å²) >= 11 is 0.495. The average Bonchev–Trinajstić information content (AvgIpc) is 2.41. The SMILES string of the molecule is CC1(C(=O)Nc2ccc(SC(F)F)cc2)CCCCN1.Cl. The van der Waals surface area contributed by atoms with Crippen LogP contribution in [-0.2, 0) is 4.79 Å². The van der Waals surface area contributed by atoms with Gasteiger partial charge in [0.2, 0.25) is 5.91 Å². The number of alkyl halides is 2. The molecule has 0 spiro atoms. The molecule has 0 saturated carbocycles. The maximum atomic E-state index is 12.3. The van der Waals surface area contributed by atoms with Gasteiger partial charge in [-0.05, 0) is 57.0 Å². The molecule has 1 aromatic rings. The molecule has 1 aliphatic rings. The van der Waals surface area contributed by atoms with Gasteiger partial charge in [-0.3, -0.25) is 4.79 Å². The Morgan fingerprint density at radius 2 is 2.00 bits per heavy atom. The number of piperidine rings is 1. The molecule has 21 heavy (non-hydrogen) atoms. The molecule has 0 aromatic heterocycles. The van der Waals surface area contributed by atoms with Crippen molar-refractivity contribution in [1.82, 2.24) is 5.32 Å². The molecule has 1 atom stereocenters. The zero-order chi connectivity index (χ0) is 14.6. The average molecular weight is 337 g/mol. The van der Waals surface area contributed by atoms with Gasteiger partial charge in [-0.2, -0.15) is 8.78 Å². The number of thioether (sulfide) groups is 1. The Balaban J connectivity index is 0.00000220. The zero-order valence-electron chi connectivity index (χ0n) is 11.7. The minimum Gasteiger partial charge on any atom is -0.324 e. The molecule has 0 aliphatic carbocycles. The summed E-state index contributed by atoms with van der Waals surface area (Å²) in [6, 6.07) is 6.47. The fraction of sp³-hybridized carbons (Fsp3) is 0.500. The lowest BCUT2D eigenvalue weighted by molar-refractivity contribution is -0.122. The zero-order valence-corrected chi connectivity index (χ0v) is 13.3. The molecule has 3 nitrogen and oxygen atoms in total. The highest BCUT2D eigenvalue weighted by molar-refractivity contribution is 7.99. The van der Waals surface area contributed by atoms with E-state index in [1.807, 2.05) is 6.92 Å². The predicted molar refractivity (Wildman–Crippen MR) is 84.4 cm³/mol. The van der Waals surface area contributed by atoms with Crippen molar-refractivity contribution in [1.29, 1.82) is 0 Å². The van der Waals surface area contributed by atoms with Crippen molar-refractivity contribution in [2.45, 2.75) is 42.4 Å². The highest BCUT2D eigenvalue weighted by Gasteiger charge is 2.34. The first-order valence-corrected chi connectivity index (χ1v) is 7.49. The number of halogens is 3. The van der Waals surface area contributed by atoms with E-state index in [1.165, 1.54) is 0 Å². The summed E-state index contributed by atoms with van der Waals surface area (Å²) < 4.78 is 24.4. The van der Waals surface area contributed by atoms with Crippen LogP contribution in [0.15, 0.2) is 29.2 Å². The highest BCUT2D eigenvalue weighted by atomic mass is 35.5. The summed E-state index contributed by atoms with van der Waals surface area (Å²) in [5.41, 5.74) is 0.0801. The molecule has 1 amide bonds. The summed E-state index contributed by atoms with van der Waals surface area (Å²) in [5.74, 6) is -2.51. The van der Waals surface area contributed by atoms with Gasteiger partial charge in [0.25, 0.3) is 5.76 Å². The van der Waals surface area contributed by atoms with Crippen LogP contribution in [0, 0.1) is 0 Å². The van der Waals surface area contributed by atoms with Crippen LogP contribution in [0.2, 0.25) is 0 Å². The lowest BCUT2D eigenvalue weighted by atomic mass is 9.90. The van der Waals surface area contributed by atoms with E-state index in [-0.39, 0.29) is 18.3 Å². The smallest absolute Gasteiger partial charge is 0.288 e. The first-order chi connectivity index (χ1) is 9.49. The molecular weight excluding hydrogens is 318 g/mol. The van der Waals surface area contributed by atoms with Crippen molar-refractivity contribution in [2.24, 2.45) is 0 Å². The lowest BCUT2D eigenvalue weighted by Crippen LogP contribution is -2.54. The first kappa shape index (κ1) is 18.2. The van der Waals surface area contributed by atoms with E-state index in [4.69, 9.17) is 0 Å². The molecule has 2 N–H and O–H groups in total. The number of hydrogen-bond donors (Lipinski definition) is 2. The van der Waals surface area contributed by atoms with Crippen molar-refractivity contribution in [3.63, 3.8) is 0 Å². The molecule has 1 fully saturated rings. The van der Waals surface area contributed by atoms with Crippen LogP contribution in [0.4, 0.5) is 14.5 Å². The first-order valence-electron chi connectivity index (χ1n) is 6.61. The van der Waals surface area contributed by atoms with Gasteiger partial charge in [-0.25, -0.2) is 0 Å². The van der Waals surface area contributed by atoms with Crippen LogP contribution >= 0.6 is 24.2 Å². The number of amides is 1. The second-order valence-corrected chi connectivity index (χ2v) is 6.14. The largest absolute Gasteiger partial charge is 0.324 e. The third-order valence-corrected chi connectivity index (χ3v) is 4.18. The minimum atomic E-state index is -2.43. The number of rotatable bonds is 4. The van der Waals surface area contributed by atoms with Crippen LogP contribution in [0.25, 0.3) is 0 Å². The van der Waals surface area contributed by atoms with E-state index in [1.54, 1.807) is 24.3 Å². The molecule has 7 heteroatoms. The maximum absolute atomic E-state index is 12.3. The number of carbonyl (C=O) groups excluding carboxylic acids is 1. The van der Waals surface area contributed by atoms with Gasteiger partial charge >= 0.3 is 0 Å². The molecule has 1 aliphatic heterocycles. The van der Waals surface area contributed by atoms with Crippen molar-refractivity contribution in [3.05, 3.63) is 24.3 Å². The monoisotopic (exact) mass is 336 g/mol. The summed E-state index contributed by atoms with van der Waals surface area (Å²) in [4.78, 5) is 12.7. The number of carbonyl (C=O) groups is 1. The van der Waals surface area contributed by atoms with Crippen molar-refractivity contribution in [3.8, 4) is 0 Å². The number of benzene rings is 1. The van der Waals surface area contributed by atoms with Crippen molar-refractivity contribution in [2.75, 3.05) is 11.9 Å². The summed E-state index contributed by atoms with van der Waals surface area (Å²) in [6.45, 7) is 2.73. The normalized spacial score (nSPS) is 21.7. The van der Waals surface area contributed by atoms with E-state index < -0.39 is 11.3 Å². The van der Waals surface area contributed by atoms with E-state index in [0.717, 1.165) is 25.8 Å². The third-order valence-electron chi connectivity index (χ3n) is 3.46. The Kier molecular flexibility index (Phi) is 6.90. The lowest BCUT2D eigenvalue weighted by Gasteiger charge is -2.33. The standard InChI is InChI=1S/C14H18F2N2OS.ClH/c1-14(8-2-3-9-17-14)12(19)18-10-4-6-11(7-5-10)20-13(15)16;/h4-7,13,17H,2-3,8-9H2,1H3,(H,18,19);1H. The molecule has 1 aromatic carbocycles. The van der Waals surface area contributed by atoms with Crippen LogP contribution in [0.3, 0.4) is 0 Å². The van der Waals surface area contributed by atoms with E-state index >= 15 is 0 Å². The Morgan fingerprint density at radius 3 is 2.52 bits per heavy atom. The summed E-state index contributed by atoms with van der Waals surface area (Å²) in [7, 11) is 0. The van der Waals surface area contributed by atoms with Gasteiger partial charge < -0.3 is 10.6 Å². The molecule has 2 rings (SSSR count). The van der Waals surface area contributed by atoms with Crippen LogP contribution in [-0.4, -0.2) is 23.7 Å². The molecule has 0 radical (unpaired) electrons. The second kappa shape index (κ2) is 7.96. The summed E-state index contributed by atoms with van der Waals surface area (Å²) in [6.07, 6.45) is 2.92. The van der Waals surface area contributed by atoms with Gasteiger partial charge in [0, 0.05) is 10.6 Å². The molecule has 1 heterocycles. The highest BCUT2D eigenvalue weighted by Crippen LogP contribution is 2.27. The van der Waals surface area contributed by atoms with Gasteiger partial charge in [-0.15, -0.1) is 12.4 Å². The van der Waals surface area contributed by atoms with Gasteiger partial charge in [0.05, 0.1) is 5.54 Å². The fourth-order valence-corrected chi connectivity index (χ4v) is 2.74. The topological polar surface area (TPSA) is 41.1 Å². The van der Waals surface area contributed by atoms with Crippen LogP contribution in [0.5, 0.6) is 0 Å². The Bertz CT molecular complexity index is 465. The Hall–Kier alpha value is -0.850. The van der Waals surface area contributed by atoms with Crippen molar-refractivity contribution < 1.29 is 13.6 Å². The molecule has 118 valence electrons. The number of anilines is 1. The van der Waals surface area contributed by atoms with E-state index in [2.05, 4.69) is 10.6 Å². The minimum absolute atomic E-state index is 0. The molecule has 1 unspecified atom stereocenters.